The van der Waals surface area contributed by atoms with Gasteiger partial charge in [-0.3, -0.25) is 0 Å². The molecule has 86 valence electrons. The number of benzene rings is 1. The second-order valence-corrected chi connectivity index (χ2v) is 3.76. The molecule has 16 heavy (non-hydrogen) atoms. The lowest BCUT2D eigenvalue weighted by molar-refractivity contribution is -0.137. The molecule has 1 aromatic carbocycles. The summed E-state index contributed by atoms with van der Waals surface area (Å²) in [6.45, 7) is 0.613. The van der Waals surface area contributed by atoms with Crippen molar-refractivity contribution in [2.75, 3.05) is 11.9 Å². The fraction of sp³-hybridized carbons (Fsp3) is 0.364. The van der Waals surface area contributed by atoms with E-state index in [4.69, 9.17) is 0 Å². The standard InChI is InChI=1S/C11H10F3NO/c12-11(13,14)8-1-2-10-9(5-8)7(6-16)3-4-15-10/h1-2,5-7,15H,3-4H2. The van der Waals surface area contributed by atoms with Crippen LogP contribution in [-0.2, 0) is 11.0 Å². The van der Waals surface area contributed by atoms with Crippen LogP contribution < -0.4 is 5.32 Å². The van der Waals surface area contributed by atoms with Gasteiger partial charge in [0.25, 0.3) is 0 Å². The number of rotatable bonds is 1. The van der Waals surface area contributed by atoms with Gasteiger partial charge in [0.05, 0.1) is 5.56 Å². The highest BCUT2D eigenvalue weighted by molar-refractivity contribution is 5.70. The topological polar surface area (TPSA) is 29.1 Å². The van der Waals surface area contributed by atoms with E-state index < -0.39 is 17.7 Å². The second-order valence-electron chi connectivity index (χ2n) is 3.76. The van der Waals surface area contributed by atoms with E-state index in [1.807, 2.05) is 0 Å². The minimum atomic E-state index is -4.36. The first-order valence-corrected chi connectivity index (χ1v) is 4.92. The van der Waals surface area contributed by atoms with Crippen molar-refractivity contribution in [3.63, 3.8) is 0 Å². The third-order valence-corrected chi connectivity index (χ3v) is 2.71. The van der Waals surface area contributed by atoms with Crippen LogP contribution in [-0.4, -0.2) is 12.8 Å². The molecule has 1 N–H and O–H groups in total. The smallest absolute Gasteiger partial charge is 0.385 e. The van der Waals surface area contributed by atoms with E-state index in [0.717, 1.165) is 12.1 Å². The molecule has 1 aromatic rings. The Hall–Kier alpha value is -1.52. The number of hydrogen-bond donors (Lipinski definition) is 1. The molecule has 0 aromatic heterocycles. The van der Waals surface area contributed by atoms with Crippen LogP contribution >= 0.6 is 0 Å². The van der Waals surface area contributed by atoms with Gasteiger partial charge in [-0.25, -0.2) is 0 Å². The normalized spacial score (nSPS) is 19.8. The highest BCUT2D eigenvalue weighted by atomic mass is 19.4. The molecule has 1 aliphatic rings. The lowest BCUT2D eigenvalue weighted by Crippen LogP contribution is -2.18. The molecule has 2 rings (SSSR count). The van der Waals surface area contributed by atoms with Gasteiger partial charge in [0.2, 0.25) is 0 Å². The van der Waals surface area contributed by atoms with E-state index in [1.165, 1.54) is 6.07 Å². The second kappa shape index (κ2) is 3.81. The highest BCUT2D eigenvalue weighted by Gasteiger charge is 2.32. The van der Waals surface area contributed by atoms with Gasteiger partial charge in [0, 0.05) is 18.2 Å². The van der Waals surface area contributed by atoms with Crippen LogP contribution in [0.3, 0.4) is 0 Å². The molecule has 0 fully saturated rings. The molecular weight excluding hydrogens is 219 g/mol. The molecule has 0 saturated heterocycles. The molecule has 0 saturated carbocycles. The van der Waals surface area contributed by atoms with Crippen molar-refractivity contribution in [3.8, 4) is 0 Å². The van der Waals surface area contributed by atoms with Crippen molar-refractivity contribution in [1.82, 2.24) is 0 Å². The Bertz CT molecular complexity index is 414. The van der Waals surface area contributed by atoms with Crippen LogP contribution in [0, 0.1) is 0 Å². The Balaban J connectivity index is 2.46. The lowest BCUT2D eigenvalue weighted by atomic mass is 9.91. The van der Waals surface area contributed by atoms with Gasteiger partial charge in [-0.1, -0.05) is 0 Å². The Morgan fingerprint density at radius 1 is 1.38 bits per heavy atom. The summed E-state index contributed by atoms with van der Waals surface area (Å²) in [6.07, 6.45) is -3.11. The van der Waals surface area contributed by atoms with Gasteiger partial charge < -0.3 is 10.1 Å². The number of carbonyl (C=O) groups is 1. The first kappa shape index (κ1) is 11.0. The number of alkyl halides is 3. The van der Waals surface area contributed by atoms with Gasteiger partial charge >= 0.3 is 6.18 Å². The lowest BCUT2D eigenvalue weighted by Gasteiger charge is -2.23. The molecule has 0 radical (unpaired) electrons. The third-order valence-electron chi connectivity index (χ3n) is 2.71. The summed E-state index contributed by atoms with van der Waals surface area (Å²) in [6, 6.07) is 3.47. The van der Waals surface area contributed by atoms with Crippen molar-refractivity contribution >= 4 is 12.0 Å². The molecule has 1 heterocycles. The van der Waals surface area contributed by atoms with Gasteiger partial charge in [-0.15, -0.1) is 0 Å². The summed E-state index contributed by atoms with van der Waals surface area (Å²) in [5, 5.41) is 2.98. The molecule has 0 amide bonds. The van der Waals surface area contributed by atoms with E-state index in [1.54, 1.807) is 0 Å². The number of hydrogen-bond acceptors (Lipinski definition) is 2. The van der Waals surface area contributed by atoms with E-state index in [2.05, 4.69) is 5.32 Å². The molecule has 1 aliphatic heterocycles. The first-order chi connectivity index (χ1) is 7.52. The van der Waals surface area contributed by atoms with Crippen LogP contribution in [0.15, 0.2) is 18.2 Å². The van der Waals surface area contributed by atoms with Crippen LogP contribution in [0.25, 0.3) is 0 Å². The summed E-state index contributed by atoms with van der Waals surface area (Å²) < 4.78 is 37.4. The minimum Gasteiger partial charge on any atom is -0.385 e. The fourth-order valence-corrected chi connectivity index (χ4v) is 1.87. The van der Waals surface area contributed by atoms with Crippen molar-refractivity contribution in [2.24, 2.45) is 0 Å². The first-order valence-electron chi connectivity index (χ1n) is 4.92. The summed E-state index contributed by atoms with van der Waals surface area (Å²) in [5.74, 6) is -0.432. The predicted octanol–water partition coefficient (Wildman–Crippen LogP) is 2.80. The zero-order valence-corrected chi connectivity index (χ0v) is 8.34. The van der Waals surface area contributed by atoms with E-state index in [0.29, 0.717) is 30.5 Å². The number of anilines is 1. The van der Waals surface area contributed by atoms with Crippen LogP contribution in [0.2, 0.25) is 0 Å². The maximum absolute atomic E-state index is 12.5. The van der Waals surface area contributed by atoms with E-state index >= 15 is 0 Å². The van der Waals surface area contributed by atoms with Gasteiger partial charge in [0.15, 0.2) is 0 Å². The van der Waals surface area contributed by atoms with Crippen molar-refractivity contribution < 1.29 is 18.0 Å². The maximum Gasteiger partial charge on any atom is 0.416 e. The zero-order chi connectivity index (χ0) is 11.8. The molecular formula is C11H10F3NO. The highest BCUT2D eigenvalue weighted by Crippen LogP contribution is 2.36. The Kier molecular flexibility index (Phi) is 2.61. The summed E-state index contributed by atoms with van der Waals surface area (Å²) in [5.41, 5.74) is 0.356. The van der Waals surface area contributed by atoms with Crippen molar-refractivity contribution in [3.05, 3.63) is 29.3 Å². The Morgan fingerprint density at radius 3 is 2.75 bits per heavy atom. The third kappa shape index (κ3) is 1.89. The van der Waals surface area contributed by atoms with Crippen molar-refractivity contribution in [2.45, 2.75) is 18.5 Å². The number of nitrogens with one attached hydrogen (secondary N) is 1. The van der Waals surface area contributed by atoms with Crippen LogP contribution in [0.1, 0.15) is 23.5 Å². The molecule has 0 aliphatic carbocycles. The number of aldehydes is 1. The molecule has 2 nitrogen and oxygen atoms in total. The monoisotopic (exact) mass is 229 g/mol. The summed E-state index contributed by atoms with van der Waals surface area (Å²) in [4.78, 5) is 10.8. The molecule has 1 unspecified atom stereocenters. The molecule has 0 bridgehead atoms. The fourth-order valence-electron chi connectivity index (χ4n) is 1.87. The molecule has 5 heteroatoms. The molecule has 1 atom stereocenters. The zero-order valence-electron chi connectivity index (χ0n) is 8.34. The average Bonchev–Trinajstić information content (AvgIpc) is 2.26. The largest absolute Gasteiger partial charge is 0.416 e. The maximum atomic E-state index is 12.5. The van der Waals surface area contributed by atoms with E-state index in [-0.39, 0.29) is 0 Å². The number of fused-ring (bicyclic) bond motifs is 1. The minimum absolute atomic E-state index is 0.432. The quantitative estimate of drug-likeness (QED) is 0.750. The Labute approximate surface area is 90.5 Å². The number of carbonyl (C=O) groups excluding carboxylic acids is 1. The molecule has 0 spiro atoms. The average molecular weight is 229 g/mol. The Morgan fingerprint density at radius 2 is 2.12 bits per heavy atom. The number of halogens is 3. The van der Waals surface area contributed by atoms with Crippen molar-refractivity contribution in [1.29, 1.82) is 0 Å². The van der Waals surface area contributed by atoms with Gasteiger partial charge in [0.1, 0.15) is 6.29 Å². The van der Waals surface area contributed by atoms with Crippen LogP contribution in [0.4, 0.5) is 18.9 Å². The summed E-state index contributed by atoms with van der Waals surface area (Å²) >= 11 is 0. The summed E-state index contributed by atoms with van der Waals surface area (Å²) in [7, 11) is 0. The SMILES string of the molecule is O=CC1CCNc2ccc(C(F)(F)F)cc21. The van der Waals surface area contributed by atoms with Gasteiger partial charge in [-0.2, -0.15) is 13.2 Å². The van der Waals surface area contributed by atoms with E-state index in [9.17, 15) is 18.0 Å². The van der Waals surface area contributed by atoms with Gasteiger partial charge in [-0.05, 0) is 30.2 Å². The van der Waals surface area contributed by atoms with Crippen LogP contribution in [0.5, 0.6) is 0 Å². The predicted molar refractivity (Wildman–Crippen MR) is 53.4 cm³/mol.